The Balaban J connectivity index is 1.99. The number of hydrogen-bond acceptors (Lipinski definition) is 5. The molecule has 0 radical (unpaired) electrons. The molecule has 2 rings (SSSR count). The number of nitrogens with zero attached hydrogens (tertiary/aromatic N) is 2. The molecule has 1 N–H and O–H groups in total. The van der Waals surface area contributed by atoms with Gasteiger partial charge in [-0.3, -0.25) is 10.1 Å². The van der Waals surface area contributed by atoms with Crippen LogP contribution in [0.25, 0.3) is 0 Å². The Labute approximate surface area is 133 Å². The summed E-state index contributed by atoms with van der Waals surface area (Å²) in [5, 5.41) is 12.3. The van der Waals surface area contributed by atoms with Gasteiger partial charge in [-0.15, -0.1) is 22.0 Å². The Morgan fingerprint density at radius 1 is 1.29 bits per heavy atom. The molecule has 4 nitrogen and oxygen atoms in total. The SMILES string of the molecule is CCc1nnc(NC(=O)[C@H](CC)Sc2ccc(C)cc2)s1. The topological polar surface area (TPSA) is 54.9 Å². The minimum Gasteiger partial charge on any atom is -0.300 e. The van der Waals surface area contributed by atoms with E-state index in [0.29, 0.717) is 5.13 Å². The summed E-state index contributed by atoms with van der Waals surface area (Å²) in [5.41, 5.74) is 1.22. The number of amides is 1. The van der Waals surface area contributed by atoms with Crippen molar-refractivity contribution in [3.8, 4) is 0 Å². The van der Waals surface area contributed by atoms with Crippen LogP contribution in [-0.2, 0) is 11.2 Å². The van der Waals surface area contributed by atoms with Crippen LogP contribution in [-0.4, -0.2) is 21.4 Å². The first-order valence-corrected chi connectivity index (χ1v) is 8.68. The van der Waals surface area contributed by atoms with Gasteiger partial charge in [-0.2, -0.15) is 0 Å². The van der Waals surface area contributed by atoms with Crippen LogP contribution in [0.3, 0.4) is 0 Å². The quantitative estimate of drug-likeness (QED) is 0.819. The van der Waals surface area contributed by atoms with E-state index < -0.39 is 0 Å². The average Bonchev–Trinajstić information content (AvgIpc) is 2.94. The average molecular weight is 321 g/mol. The molecule has 1 heterocycles. The Kier molecular flexibility index (Phi) is 5.76. The lowest BCUT2D eigenvalue weighted by Crippen LogP contribution is -2.24. The van der Waals surface area contributed by atoms with Crippen molar-refractivity contribution in [3.63, 3.8) is 0 Å². The fourth-order valence-electron chi connectivity index (χ4n) is 1.74. The molecule has 1 amide bonds. The molecule has 2 aromatic rings. The van der Waals surface area contributed by atoms with E-state index in [-0.39, 0.29) is 11.2 Å². The zero-order chi connectivity index (χ0) is 15.2. The molecule has 0 aliphatic heterocycles. The van der Waals surface area contributed by atoms with Gasteiger partial charge in [0.25, 0.3) is 0 Å². The summed E-state index contributed by atoms with van der Waals surface area (Å²) in [6.45, 7) is 6.09. The van der Waals surface area contributed by atoms with E-state index in [1.165, 1.54) is 16.9 Å². The van der Waals surface area contributed by atoms with Crippen molar-refractivity contribution in [2.75, 3.05) is 5.32 Å². The summed E-state index contributed by atoms with van der Waals surface area (Å²) in [4.78, 5) is 13.4. The molecule has 0 saturated heterocycles. The maximum atomic E-state index is 12.3. The normalized spacial score (nSPS) is 12.1. The van der Waals surface area contributed by atoms with Gasteiger partial charge in [0.2, 0.25) is 11.0 Å². The zero-order valence-electron chi connectivity index (χ0n) is 12.4. The number of hydrogen-bond donors (Lipinski definition) is 1. The van der Waals surface area contributed by atoms with Crippen LogP contribution in [0.5, 0.6) is 0 Å². The Morgan fingerprint density at radius 3 is 2.57 bits per heavy atom. The van der Waals surface area contributed by atoms with E-state index in [0.717, 1.165) is 22.7 Å². The number of rotatable bonds is 6. The van der Waals surface area contributed by atoms with Crippen molar-refractivity contribution in [3.05, 3.63) is 34.8 Å². The van der Waals surface area contributed by atoms with Crippen LogP contribution in [0, 0.1) is 6.92 Å². The van der Waals surface area contributed by atoms with Crippen LogP contribution in [0.15, 0.2) is 29.2 Å². The maximum absolute atomic E-state index is 12.3. The second kappa shape index (κ2) is 7.56. The Bertz CT molecular complexity index is 595. The van der Waals surface area contributed by atoms with Gasteiger partial charge in [0.1, 0.15) is 5.01 Å². The molecule has 0 unspecified atom stereocenters. The van der Waals surface area contributed by atoms with Crippen LogP contribution < -0.4 is 5.32 Å². The van der Waals surface area contributed by atoms with Crippen molar-refractivity contribution in [1.82, 2.24) is 10.2 Å². The lowest BCUT2D eigenvalue weighted by molar-refractivity contribution is -0.115. The van der Waals surface area contributed by atoms with Gasteiger partial charge in [0.15, 0.2) is 0 Å². The third-order valence-corrected chi connectivity index (χ3v) is 5.32. The monoisotopic (exact) mass is 321 g/mol. The molecule has 21 heavy (non-hydrogen) atoms. The van der Waals surface area contributed by atoms with Gasteiger partial charge in [0, 0.05) is 4.90 Å². The van der Waals surface area contributed by atoms with Crippen molar-refractivity contribution >= 4 is 34.1 Å². The summed E-state index contributed by atoms with van der Waals surface area (Å²) in [7, 11) is 0. The molecule has 0 saturated carbocycles. The highest BCUT2D eigenvalue weighted by Gasteiger charge is 2.19. The van der Waals surface area contributed by atoms with E-state index in [2.05, 4.69) is 46.7 Å². The van der Waals surface area contributed by atoms with Crippen molar-refractivity contribution in [2.24, 2.45) is 0 Å². The first-order chi connectivity index (χ1) is 10.1. The van der Waals surface area contributed by atoms with Crippen molar-refractivity contribution < 1.29 is 4.79 Å². The number of aryl methyl sites for hydroxylation is 2. The summed E-state index contributed by atoms with van der Waals surface area (Å²) < 4.78 is 0. The number of benzene rings is 1. The summed E-state index contributed by atoms with van der Waals surface area (Å²) in [6.07, 6.45) is 1.60. The summed E-state index contributed by atoms with van der Waals surface area (Å²) in [5.74, 6) is -0.0121. The zero-order valence-corrected chi connectivity index (χ0v) is 14.1. The van der Waals surface area contributed by atoms with Crippen molar-refractivity contribution in [2.45, 2.75) is 43.8 Å². The number of aromatic nitrogens is 2. The lowest BCUT2D eigenvalue weighted by atomic mass is 10.2. The highest BCUT2D eigenvalue weighted by molar-refractivity contribution is 8.00. The molecule has 0 aliphatic rings. The smallest absolute Gasteiger partial charge is 0.239 e. The first kappa shape index (κ1) is 16.0. The number of anilines is 1. The molecule has 1 aromatic heterocycles. The molecular weight excluding hydrogens is 302 g/mol. The van der Waals surface area contributed by atoms with Gasteiger partial charge in [0.05, 0.1) is 5.25 Å². The van der Waals surface area contributed by atoms with E-state index in [1.54, 1.807) is 11.8 Å². The number of carbonyl (C=O) groups is 1. The fraction of sp³-hybridized carbons (Fsp3) is 0.400. The largest absolute Gasteiger partial charge is 0.300 e. The molecule has 1 aromatic carbocycles. The van der Waals surface area contributed by atoms with Crippen LogP contribution >= 0.6 is 23.1 Å². The first-order valence-electron chi connectivity index (χ1n) is 6.99. The second-order valence-electron chi connectivity index (χ2n) is 4.67. The number of thioether (sulfide) groups is 1. The minimum atomic E-state index is -0.123. The van der Waals surface area contributed by atoms with Crippen molar-refractivity contribution in [1.29, 1.82) is 0 Å². The molecule has 0 bridgehead atoms. The van der Waals surface area contributed by atoms with E-state index in [4.69, 9.17) is 0 Å². The lowest BCUT2D eigenvalue weighted by Gasteiger charge is -2.13. The second-order valence-corrected chi connectivity index (χ2v) is 7.01. The summed E-state index contributed by atoms with van der Waals surface area (Å²) in [6, 6.07) is 8.22. The molecule has 0 spiro atoms. The number of nitrogens with one attached hydrogen (secondary N) is 1. The predicted molar refractivity (Wildman–Crippen MR) is 89.0 cm³/mol. The minimum absolute atomic E-state index is 0.0121. The van der Waals surface area contributed by atoms with Gasteiger partial charge in [-0.25, -0.2) is 0 Å². The van der Waals surface area contributed by atoms with Crippen LogP contribution in [0.1, 0.15) is 30.8 Å². The van der Waals surface area contributed by atoms with Crippen LogP contribution in [0.4, 0.5) is 5.13 Å². The Hall–Kier alpha value is -1.40. The highest BCUT2D eigenvalue weighted by atomic mass is 32.2. The third-order valence-electron chi connectivity index (χ3n) is 2.96. The number of carbonyl (C=O) groups excluding carboxylic acids is 1. The fourth-order valence-corrected chi connectivity index (χ4v) is 3.37. The Morgan fingerprint density at radius 2 is 2.00 bits per heavy atom. The molecular formula is C15H19N3OS2. The van der Waals surface area contributed by atoms with Gasteiger partial charge >= 0.3 is 0 Å². The molecule has 6 heteroatoms. The van der Waals surface area contributed by atoms with E-state index >= 15 is 0 Å². The molecule has 1 atom stereocenters. The maximum Gasteiger partial charge on any atom is 0.239 e. The van der Waals surface area contributed by atoms with Gasteiger partial charge in [-0.05, 0) is 31.9 Å². The van der Waals surface area contributed by atoms with E-state index in [9.17, 15) is 4.79 Å². The molecule has 112 valence electrons. The molecule has 0 fully saturated rings. The highest BCUT2D eigenvalue weighted by Crippen LogP contribution is 2.27. The van der Waals surface area contributed by atoms with Gasteiger partial charge in [-0.1, -0.05) is 42.9 Å². The van der Waals surface area contributed by atoms with E-state index in [1.807, 2.05) is 13.8 Å². The standard InChI is InChI=1S/C15H19N3OS2/c1-4-12(20-11-8-6-10(3)7-9-11)14(19)16-15-18-17-13(5-2)21-15/h6-9,12H,4-5H2,1-3H3,(H,16,18,19)/t12-/m0/s1. The van der Waals surface area contributed by atoms with Gasteiger partial charge < -0.3 is 0 Å². The summed E-state index contributed by atoms with van der Waals surface area (Å²) >= 11 is 3.02. The van der Waals surface area contributed by atoms with Crippen LogP contribution in [0.2, 0.25) is 0 Å². The third kappa shape index (κ3) is 4.54. The molecule has 0 aliphatic carbocycles. The predicted octanol–water partition coefficient (Wildman–Crippen LogP) is 3.92.